The number of anilines is 1. The summed E-state index contributed by atoms with van der Waals surface area (Å²) in [7, 11) is 0. The second kappa shape index (κ2) is 7.73. The molecule has 0 radical (unpaired) electrons. The Morgan fingerprint density at radius 1 is 1.30 bits per heavy atom. The predicted octanol–water partition coefficient (Wildman–Crippen LogP) is 0.996. The monoisotopic (exact) mass is 372 g/mol. The topological polar surface area (TPSA) is 122 Å². The van der Waals surface area contributed by atoms with Crippen LogP contribution in [0.25, 0.3) is 5.95 Å². The Morgan fingerprint density at radius 2 is 2.04 bits per heavy atom. The van der Waals surface area contributed by atoms with Crippen molar-refractivity contribution in [2.24, 2.45) is 0 Å². The average molecular weight is 372 g/mol. The summed E-state index contributed by atoms with van der Waals surface area (Å²) in [5.41, 5.74) is 1.91. The lowest BCUT2D eigenvalue weighted by Gasteiger charge is -2.15. The van der Waals surface area contributed by atoms with Crippen molar-refractivity contribution in [1.82, 2.24) is 25.1 Å². The Kier molecular flexibility index (Phi) is 5.38. The number of carbonyl (C=O) groups excluding carboxylic acids is 2. The molecule has 0 spiro atoms. The molecule has 2 aromatic rings. The number of nitrogens with zero attached hydrogens (tertiary/aromatic N) is 3. The van der Waals surface area contributed by atoms with Gasteiger partial charge >= 0.3 is 11.8 Å². The highest BCUT2D eigenvalue weighted by Crippen LogP contribution is 2.19. The largest absolute Gasteiger partial charge is 0.345 e. The van der Waals surface area contributed by atoms with Crippen LogP contribution >= 0.6 is 0 Å². The maximum absolute atomic E-state index is 12.4. The lowest BCUT2D eigenvalue weighted by atomic mass is 9.97. The normalized spacial score (nSPS) is 14.3. The Bertz CT molecular complexity index is 930. The third-order valence-electron chi connectivity index (χ3n) is 4.65. The van der Waals surface area contributed by atoms with Crippen molar-refractivity contribution in [3.63, 3.8) is 0 Å². The van der Waals surface area contributed by atoms with Crippen LogP contribution in [0.3, 0.4) is 0 Å². The van der Waals surface area contributed by atoms with Gasteiger partial charge in [-0.1, -0.05) is 6.92 Å². The van der Waals surface area contributed by atoms with Crippen LogP contribution < -0.4 is 16.2 Å². The van der Waals surface area contributed by atoms with E-state index in [0.29, 0.717) is 11.3 Å². The fourth-order valence-corrected chi connectivity index (χ4v) is 3.00. The highest BCUT2D eigenvalue weighted by molar-refractivity contribution is 6.39. The summed E-state index contributed by atoms with van der Waals surface area (Å²) in [6, 6.07) is 1.52. The minimum absolute atomic E-state index is 0.103. The smallest absolute Gasteiger partial charge is 0.314 e. The highest BCUT2D eigenvalue weighted by Gasteiger charge is 2.21. The number of nitrogens with one attached hydrogen (secondary N) is 3. The van der Waals surface area contributed by atoms with E-state index in [4.69, 9.17) is 0 Å². The molecule has 0 aromatic carbocycles. The molecule has 0 aliphatic heterocycles. The van der Waals surface area contributed by atoms with Crippen molar-refractivity contribution in [1.29, 1.82) is 0 Å². The van der Waals surface area contributed by atoms with E-state index in [-0.39, 0.29) is 23.4 Å². The quantitative estimate of drug-likeness (QED) is 0.691. The number of hydrogen-bond donors (Lipinski definition) is 3. The van der Waals surface area contributed by atoms with Crippen LogP contribution in [0.1, 0.15) is 50.1 Å². The Hall–Kier alpha value is -2.97. The molecule has 144 valence electrons. The first-order valence-electron chi connectivity index (χ1n) is 9.20. The molecule has 2 amide bonds. The fraction of sp³-hybridized carbons (Fsp3) is 0.500. The summed E-state index contributed by atoms with van der Waals surface area (Å²) in [5.74, 6) is -1.01. The highest BCUT2D eigenvalue weighted by atomic mass is 16.2. The maximum Gasteiger partial charge on any atom is 0.314 e. The molecule has 0 saturated carbocycles. The molecule has 1 unspecified atom stereocenters. The number of aromatic amines is 1. The molecular weight excluding hydrogens is 348 g/mol. The van der Waals surface area contributed by atoms with Crippen LogP contribution in [0.15, 0.2) is 10.9 Å². The van der Waals surface area contributed by atoms with Crippen molar-refractivity contribution < 1.29 is 9.59 Å². The van der Waals surface area contributed by atoms with Gasteiger partial charge in [0.15, 0.2) is 0 Å². The number of H-pyrrole nitrogens is 1. The van der Waals surface area contributed by atoms with Crippen LogP contribution in [0.4, 0.5) is 5.82 Å². The van der Waals surface area contributed by atoms with Crippen molar-refractivity contribution >= 4 is 17.6 Å². The third kappa shape index (κ3) is 4.07. The minimum atomic E-state index is -0.795. The molecule has 1 atom stereocenters. The van der Waals surface area contributed by atoms with Gasteiger partial charge in [0.05, 0.1) is 11.4 Å². The van der Waals surface area contributed by atoms with Gasteiger partial charge in [0, 0.05) is 17.7 Å². The van der Waals surface area contributed by atoms with Gasteiger partial charge in [-0.3, -0.25) is 19.4 Å². The van der Waals surface area contributed by atoms with Gasteiger partial charge in [-0.05, 0) is 46.0 Å². The number of rotatable bonds is 4. The van der Waals surface area contributed by atoms with Crippen molar-refractivity contribution in [3.8, 4) is 5.95 Å². The molecule has 2 heterocycles. The van der Waals surface area contributed by atoms with Crippen LogP contribution in [0.2, 0.25) is 0 Å². The van der Waals surface area contributed by atoms with Crippen LogP contribution in [-0.2, 0) is 22.4 Å². The van der Waals surface area contributed by atoms with E-state index < -0.39 is 11.8 Å². The summed E-state index contributed by atoms with van der Waals surface area (Å²) >= 11 is 0. The molecule has 9 nitrogen and oxygen atoms in total. The number of aromatic nitrogens is 4. The zero-order valence-electron chi connectivity index (χ0n) is 15.8. The van der Waals surface area contributed by atoms with Gasteiger partial charge < -0.3 is 10.6 Å². The van der Waals surface area contributed by atoms with Gasteiger partial charge in [0.1, 0.15) is 5.82 Å². The first-order valence-corrected chi connectivity index (χ1v) is 9.20. The summed E-state index contributed by atoms with van der Waals surface area (Å²) in [4.78, 5) is 43.8. The first kappa shape index (κ1) is 18.8. The van der Waals surface area contributed by atoms with E-state index in [2.05, 4.69) is 25.7 Å². The van der Waals surface area contributed by atoms with Gasteiger partial charge in [-0.25, -0.2) is 4.98 Å². The van der Waals surface area contributed by atoms with Gasteiger partial charge in [0.2, 0.25) is 5.95 Å². The van der Waals surface area contributed by atoms with E-state index in [0.717, 1.165) is 37.8 Å². The number of carbonyl (C=O) groups is 2. The summed E-state index contributed by atoms with van der Waals surface area (Å²) in [6.45, 7) is 5.49. The summed E-state index contributed by atoms with van der Waals surface area (Å²) in [5, 5.41) is 9.46. The predicted molar refractivity (Wildman–Crippen MR) is 99.9 cm³/mol. The number of aryl methyl sites for hydroxylation is 2. The molecule has 0 bridgehead atoms. The van der Waals surface area contributed by atoms with Crippen LogP contribution in [0.5, 0.6) is 0 Å². The second-order valence-corrected chi connectivity index (χ2v) is 6.84. The Balaban J connectivity index is 1.89. The molecule has 9 heteroatoms. The standard InChI is InChI=1S/C18H24N6O3/c1-4-10(2)19-16(26)17(27)21-14-9-11(3)23-24(14)18-20-13-8-6-5-7-12(13)15(25)22-18/h9-10H,4-8H2,1-3H3,(H,19,26)(H,21,27)(H,20,22,25). The lowest BCUT2D eigenvalue weighted by Crippen LogP contribution is -2.40. The molecule has 1 aliphatic rings. The Morgan fingerprint density at radius 3 is 2.78 bits per heavy atom. The molecule has 0 fully saturated rings. The minimum Gasteiger partial charge on any atom is -0.345 e. The van der Waals surface area contributed by atoms with Gasteiger partial charge in [-0.15, -0.1) is 0 Å². The summed E-state index contributed by atoms with van der Waals surface area (Å²) in [6.07, 6.45) is 4.14. The SMILES string of the molecule is CCC(C)NC(=O)C(=O)Nc1cc(C)nn1-c1nc2c(c(=O)[nH]1)CCCC2. The number of amides is 2. The molecule has 3 N–H and O–H groups in total. The lowest BCUT2D eigenvalue weighted by molar-refractivity contribution is -0.136. The summed E-state index contributed by atoms with van der Waals surface area (Å²) < 4.78 is 1.35. The average Bonchev–Trinajstić information content (AvgIpc) is 3.01. The molecule has 27 heavy (non-hydrogen) atoms. The van der Waals surface area contributed by atoms with Gasteiger partial charge in [-0.2, -0.15) is 9.78 Å². The second-order valence-electron chi connectivity index (χ2n) is 6.84. The van der Waals surface area contributed by atoms with E-state index in [9.17, 15) is 14.4 Å². The van der Waals surface area contributed by atoms with Crippen LogP contribution in [-0.4, -0.2) is 37.6 Å². The molecule has 2 aromatic heterocycles. The number of hydrogen-bond acceptors (Lipinski definition) is 5. The third-order valence-corrected chi connectivity index (χ3v) is 4.65. The van der Waals surface area contributed by atoms with Crippen molar-refractivity contribution in [3.05, 3.63) is 33.4 Å². The van der Waals surface area contributed by atoms with Gasteiger partial charge in [0.25, 0.3) is 5.56 Å². The zero-order chi connectivity index (χ0) is 19.6. The molecule has 3 rings (SSSR count). The van der Waals surface area contributed by atoms with Crippen LogP contribution in [0, 0.1) is 6.92 Å². The first-order chi connectivity index (χ1) is 12.9. The maximum atomic E-state index is 12.4. The van der Waals surface area contributed by atoms with E-state index in [1.807, 2.05) is 13.8 Å². The van der Waals surface area contributed by atoms with E-state index in [1.165, 1.54) is 4.68 Å². The molecule has 0 saturated heterocycles. The van der Waals surface area contributed by atoms with E-state index >= 15 is 0 Å². The Labute approximate surface area is 156 Å². The van der Waals surface area contributed by atoms with Crippen molar-refractivity contribution in [2.75, 3.05) is 5.32 Å². The zero-order valence-corrected chi connectivity index (χ0v) is 15.8. The fourth-order valence-electron chi connectivity index (χ4n) is 3.00. The molecular formula is C18H24N6O3. The number of fused-ring (bicyclic) bond motifs is 1. The van der Waals surface area contributed by atoms with Crippen molar-refractivity contribution in [2.45, 2.75) is 58.9 Å². The molecule has 1 aliphatic carbocycles. The van der Waals surface area contributed by atoms with E-state index in [1.54, 1.807) is 13.0 Å².